The van der Waals surface area contributed by atoms with Gasteiger partial charge in [0, 0.05) is 0 Å². The molecule has 1 aromatic carbocycles. The summed E-state index contributed by atoms with van der Waals surface area (Å²) in [5.74, 6) is 0.0438. The van der Waals surface area contributed by atoms with Gasteiger partial charge in [0.05, 0.1) is 18.9 Å². The van der Waals surface area contributed by atoms with Crippen molar-refractivity contribution in [2.75, 3.05) is 18.9 Å². The summed E-state index contributed by atoms with van der Waals surface area (Å²) in [6.07, 6.45) is 3.04. The van der Waals surface area contributed by atoms with Crippen LogP contribution in [-0.2, 0) is 4.74 Å². The van der Waals surface area contributed by atoms with Gasteiger partial charge in [0.1, 0.15) is 5.56 Å². The Labute approximate surface area is 108 Å². The van der Waals surface area contributed by atoms with Crippen LogP contribution in [0.3, 0.4) is 0 Å². The van der Waals surface area contributed by atoms with Crippen molar-refractivity contribution in [3.8, 4) is 5.75 Å². The number of rotatable bonds is 7. The number of unbranched alkanes of at least 4 members (excludes halogenated alkanes) is 2. The number of esters is 1. The molecule has 0 heterocycles. The number of carbonyl (C=O) groups is 1. The number of nitrogens with two attached hydrogens (primary N) is 1. The zero-order valence-corrected chi connectivity index (χ0v) is 11.1. The van der Waals surface area contributed by atoms with Crippen molar-refractivity contribution in [2.24, 2.45) is 0 Å². The Hall–Kier alpha value is -1.71. The van der Waals surface area contributed by atoms with Crippen LogP contribution in [0.1, 0.15) is 43.5 Å². The third-order valence-electron chi connectivity index (χ3n) is 2.54. The van der Waals surface area contributed by atoms with Gasteiger partial charge in [-0.15, -0.1) is 0 Å². The number of carbonyl (C=O) groups excluding carboxylic acids is 1. The molecule has 0 spiro atoms. The third kappa shape index (κ3) is 3.95. The molecular weight excluding hydrogens is 230 g/mol. The van der Waals surface area contributed by atoms with Crippen LogP contribution in [0.15, 0.2) is 18.2 Å². The molecule has 0 aliphatic heterocycles. The van der Waals surface area contributed by atoms with Crippen LogP contribution < -0.4 is 10.5 Å². The van der Waals surface area contributed by atoms with Gasteiger partial charge >= 0.3 is 5.97 Å². The van der Waals surface area contributed by atoms with Crippen LogP contribution in [-0.4, -0.2) is 19.2 Å². The fourth-order valence-corrected chi connectivity index (χ4v) is 1.62. The van der Waals surface area contributed by atoms with E-state index in [-0.39, 0.29) is 5.97 Å². The first kappa shape index (κ1) is 14.4. The van der Waals surface area contributed by atoms with E-state index in [0.29, 0.717) is 30.2 Å². The maximum Gasteiger partial charge on any atom is 0.342 e. The largest absolute Gasteiger partial charge is 0.491 e. The second-order valence-corrected chi connectivity index (χ2v) is 4.00. The molecule has 0 saturated carbocycles. The van der Waals surface area contributed by atoms with Gasteiger partial charge in [-0.25, -0.2) is 4.79 Å². The number of hydrogen-bond donors (Lipinski definition) is 1. The maximum absolute atomic E-state index is 11.9. The molecule has 1 rings (SSSR count). The second kappa shape index (κ2) is 7.58. The summed E-state index contributed by atoms with van der Waals surface area (Å²) in [6.45, 7) is 4.85. The van der Waals surface area contributed by atoms with Gasteiger partial charge in [-0.05, 0) is 25.5 Å². The van der Waals surface area contributed by atoms with Crippen molar-refractivity contribution in [2.45, 2.75) is 33.1 Å². The summed E-state index contributed by atoms with van der Waals surface area (Å²) in [6, 6.07) is 5.10. The second-order valence-electron chi connectivity index (χ2n) is 4.00. The van der Waals surface area contributed by atoms with Crippen molar-refractivity contribution in [1.82, 2.24) is 0 Å². The predicted octanol–water partition coefficient (Wildman–Crippen LogP) is 3.01. The smallest absolute Gasteiger partial charge is 0.342 e. The van der Waals surface area contributed by atoms with E-state index in [2.05, 4.69) is 6.92 Å². The molecule has 18 heavy (non-hydrogen) atoms. The molecule has 2 N–H and O–H groups in total. The Balaban J connectivity index is 2.69. The van der Waals surface area contributed by atoms with Crippen molar-refractivity contribution in [3.63, 3.8) is 0 Å². The monoisotopic (exact) mass is 251 g/mol. The fraction of sp³-hybridized carbons (Fsp3) is 0.500. The first-order valence-corrected chi connectivity index (χ1v) is 6.39. The number of ether oxygens (including phenoxy) is 2. The lowest BCUT2D eigenvalue weighted by Gasteiger charge is -2.12. The van der Waals surface area contributed by atoms with Crippen LogP contribution in [0.25, 0.3) is 0 Å². The summed E-state index contributed by atoms with van der Waals surface area (Å²) in [4.78, 5) is 11.9. The van der Waals surface area contributed by atoms with Gasteiger partial charge in [0.2, 0.25) is 0 Å². The van der Waals surface area contributed by atoms with Gasteiger partial charge in [0.15, 0.2) is 5.75 Å². The van der Waals surface area contributed by atoms with E-state index in [0.717, 1.165) is 19.3 Å². The standard InChI is InChI=1S/C14H21NO3/c1-3-5-6-10-18-14(16)11-8-7-9-12(15)13(11)17-4-2/h7-9H,3-6,10,15H2,1-2H3. The zero-order chi connectivity index (χ0) is 13.4. The molecule has 4 nitrogen and oxygen atoms in total. The van der Waals surface area contributed by atoms with Gasteiger partial charge in [-0.2, -0.15) is 0 Å². The van der Waals surface area contributed by atoms with Crippen LogP contribution in [0.4, 0.5) is 5.69 Å². The van der Waals surface area contributed by atoms with E-state index in [1.54, 1.807) is 18.2 Å². The van der Waals surface area contributed by atoms with E-state index >= 15 is 0 Å². The summed E-state index contributed by atoms with van der Waals surface area (Å²) in [5, 5.41) is 0. The molecule has 0 aliphatic carbocycles. The average molecular weight is 251 g/mol. The minimum Gasteiger partial charge on any atom is -0.491 e. The van der Waals surface area contributed by atoms with E-state index in [1.165, 1.54) is 0 Å². The lowest BCUT2D eigenvalue weighted by molar-refractivity contribution is 0.0494. The normalized spacial score (nSPS) is 10.1. The summed E-state index contributed by atoms with van der Waals surface area (Å²) < 4.78 is 10.6. The number of benzene rings is 1. The first-order valence-electron chi connectivity index (χ1n) is 6.39. The zero-order valence-electron chi connectivity index (χ0n) is 11.1. The molecule has 1 aromatic rings. The molecule has 0 saturated heterocycles. The molecule has 0 atom stereocenters. The highest BCUT2D eigenvalue weighted by Crippen LogP contribution is 2.27. The van der Waals surface area contributed by atoms with E-state index in [9.17, 15) is 4.79 Å². The van der Waals surface area contributed by atoms with E-state index in [1.807, 2.05) is 6.92 Å². The van der Waals surface area contributed by atoms with Crippen LogP contribution in [0.5, 0.6) is 5.75 Å². The fourth-order valence-electron chi connectivity index (χ4n) is 1.62. The molecule has 0 radical (unpaired) electrons. The molecule has 4 heteroatoms. The van der Waals surface area contributed by atoms with Crippen LogP contribution in [0, 0.1) is 0 Å². The molecule has 0 aliphatic rings. The number of nitrogen functional groups attached to an aromatic ring is 1. The maximum atomic E-state index is 11.9. The van der Waals surface area contributed by atoms with Crippen molar-refractivity contribution < 1.29 is 14.3 Å². The summed E-state index contributed by atoms with van der Waals surface area (Å²) in [7, 11) is 0. The summed E-state index contributed by atoms with van der Waals surface area (Å²) in [5.41, 5.74) is 6.64. The Morgan fingerprint density at radius 3 is 2.72 bits per heavy atom. The van der Waals surface area contributed by atoms with Crippen LogP contribution in [0.2, 0.25) is 0 Å². The quantitative estimate of drug-likeness (QED) is 0.459. The molecule has 0 unspecified atom stereocenters. The molecule has 0 bridgehead atoms. The van der Waals surface area contributed by atoms with Gasteiger partial charge in [-0.3, -0.25) is 0 Å². The van der Waals surface area contributed by atoms with Gasteiger partial charge < -0.3 is 15.2 Å². The molecule has 0 fully saturated rings. The SMILES string of the molecule is CCCCCOC(=O)c1cccc(N)c1OCC. The number of anilines is 1. The Bertz CT molecular complexity index is 391. The Morgan fingerprint density at radius 1 is 1.28 bits per heavy atom. The highest BCUT2D eigenvalue weighted by atomic mass is 16.5. The molecule has 0 amide bonds. The highest BCUT2D eigenvalue weighted by molar-refractivity contribution is 5.94. The van der Waals surface area contributed by atoms with Gasteiger partial charge in [0.25, 0.3) is 0 Å². The number of para-hydroxylation sites is 1. The minimum absolute atomic E-state index is 0.373. The van der Waals surface area contributed by atoms with E-state index in [4.69, 9.17) is 15.2 Å². The van der Waals surface area contributed by atoms with Crippen LogP contribution >= 0.6 is 0 Å². The minimum atomic E-state index is -0.373. The first-order chi connectivity index (χ1) is 8.70. The van der Waals surface area contributed by atoms with Crippen molar-refractivity contribution in [3.05, 3.63) is 23.8 Å². The predicted molar refractivity (Wildman–Crippen MR) is 71.8 cm³/mol. The lowest BCUT2D eigenvalue weighted by Crippen LogP contribution is -2.10. The lowest BCUT2D eigenvalue weighted by atomic mass is 10.1. The Morgan fingerprint density at radius 2 is 2.06 bits per heavy atom. The molecule has 100 valence electrons. The topological polar surface area (TPSA) is 61.5 Å². The van der Waals surface area contributed by atoms with E-state index < -0.39 is 0 Å². The average Bonchev–Trinajstić information content (AvgIpc) is 2.37. The molecule has 0 aromatic heterocycles. The third-order valence-corrected chi connectivity index (χ3v) is 2.54. The van der Waals surface area contributed by atoms with Gasteiger partial charge in [-0.1, -0.05) is 25.8 Å². The van der Waals surface area contributed by atoms with Crippen molar-refractivity contribution in [1.29, 1.82) is 0 Å². The Kier molecular flexibility index (Phi) is 6.05. The highest BCUT2D eigenvalue weighted by Gasteiger charge is 2.15. The number of hydrogen-bond acceptors (Lipinski definition) is 4. The van der Waals surface area contributed by atoms with Crippen molar-refractivity contribution >= 4 is 11.7 Å². The summed E-state index contributed by atoms with van der Waals surface area (Å²) >= 11 is 0. The molecular formula is C14H21NO3.